The highest BCUT2D eigenvalue weighted by atomic mass is 32.2. The number of aromatic nitrogens is 2. The van der Waals surface area contributed by atoms with E-state index < -0.39 is 17.6 Å². The van der Waals surface area contributed by atoms with Crippen molar-refractivity contribution in [1.82, 2.24) is 10.2 Å². The first kappa shape index (κ1) is 16.8. The normalized spacial score (nSPS) is 11.5. The molecule has 0 aliphatic carbocycles. The first-order valence-electron chi connectivity index (χ1n) is 6.99. The molecule has 0 atom stereocenters. The zero-order valence-electron chi connectivity index (χ0n) is 12.5. The van der Waals surface area contributed by atoms with Gasteiger partial charge in [-0.05, 0) is 59.8 Å². The third-order valence-corrected chi connectivity index (χ3v) is 3.93. The smallest absolute Gasteiger partial charge is 0.342 e. The second-order valence-corrected chi connectivity index (χ2v) is 5.84. The Kier molecular flexibility index (Phi) is 4.90. The van der Waals surface area contributed by atoms with E-state index in [0.29, 0.717) is 11.1 Å². The molecule has 126 valence electrons. The van der Waals surface area contributed by atoms with E-state index in [4.69, 9.17) is 4.42 Å². The fraction of sp³-hybridized carbons (Fsp3) is 0. The molecule has 5 nitrogen and oxygen atoms in total. The monoisotopic (exact) mass is 360 g/mol. The summed E-state index contributed by atoms with van der Waals surface area (Å²) in [7, 11) is 0. The van der Waals surface area contributed by atoms with Crippen molar-refractivity contribution < 1.29 is 23.1 Å². The summed E-state index contributed by atoms with van der Waals surface area (Å²) < 4.78 is 31.3. The third kappa shape index (κ3) is 4.30. The van der Waals surface area contributed by atoms with Gasteiger partial charge in [0.25, 0.3) is 5.22 Å². The van der Waals surface area contributed by atoms with Crippen LogP contribution in [0, 0.1) is 11.6 Å². The van der Waals surface area contributed by atoms with Crippen molar-refractivity contribution in [3.8, 4) is 11.5 Å². The molecule has 25 heavy (non-hydrogen) atoms. The number of rotatable bonds is 5. The van der Waals surface area contributed by atoms with Crippen LogP contribution in [0.25, 0.3) is 17.5 Å². The van der Waals surface area contributed by atoms with Crippen LogP contribution in [-0.4, -0.2) is 21.3 Å². The van der Waals surface area contributed by atoms with Gasteiger partial charge in [-0.3, -0.25) is 0 Å². The number of carboxylic acid groups (broad SMARTS) is 1. The van der Waals surface area contributed by atoms with Crippen LogP contribution in [0.3, 0.4) is 0 Å². The Bertz CT molecular complexity index is 922. The van der Waals surface area contributed by atoms with Crippen LogP contribution < -0.4 is 0 Å². The lowest BCUT2D eigenvalue weighted by Crippen LogP contribution is -1.96. The van der Waals surface area contributed by atoms with Gasteiger partial charge in [-0.25, -0.2) is 13.6 Å². The Labute approximate surface area is 145 Å². The van der Waals surface area contributed by atoms with Gasteiger partial charge in [0.2, 0.25) is 5.89 Å². The minimum Gasteiger partial charge on any atom is -0.477 e. The van der Waals surface area contributed by atoms with E-state index in [1.54, 1.807) is 0 Å². The summed E-state index contributed by atoms with van der Waals surface area (Å²) in [6, 6.07) is 10.8. The fourth-order valence-corrected chi connectivity index (χ4v) is 2.57. The van der Waals surface area contributed by atoms with Gasteiger partial charge in [-0.1, -0.05) is 12.1 Å². The van der Waals surface area contributed by atoms with Crippen molar-refractivity contribution in [3.05, 3.63) is 70.6 Å². The molecule has 8 heteroatoms. The molecule has 0 unspecified atom stereocenters. The molecule has 1 N–H and O–H groups in total. The molecule has 0 saturated heterocycles. The number of nitrogens with zero attached hydrogens (tertiary/aromatic N) is 2. The first-order valence-corrected chi connectivity index (χ1v) is 7.81. The van der Waals surface area contributed by atoms with Crippen molar-refractivity contribution >= 4 is 23.8 Å². The molecule has 3 aromatic rings. The van der Waals surface area contributed by atoms with Gasteiger partial charge in [0, 0.05) is 5.56 Å². The van der Waals surface area contributed by atoms with Crippen molar-refractivity contribution in [2.75, 3.05) is 0 Å². The van der Waals surface area contributed by atoms with Crippen molar-refractivity contribution in [2.24, 2.45) is 0 Å². The van der Waals surface area contributed by atoms with Gasteiger partial charge in [0.15, 0.2) is 0 Å². The van der Waals surface area contributed by atoms with Crippen molar-refractivity contribution in [1.29, 1.82) is 0 Å². The van der Waals surface area contributed by atoms with E-state index >= 15 is 0 Å². The van der Waals surface area contributed by atoms with Gasteiger partial charge < -0.3 is 9.52 Å². The minimum absolute atomic E-state index is 0.0232. The molecule has 0 aliphatic rings. The van der Waals surface area contributed by atoms with Gasteiger partial charge in [0.05, 0.1) is 0 Å². The summed E-state index contributed by atoms with van der Waals surface area (Å²) >= 11 is 0.768. The van der Waals surface area contributed by atoms with Crippen LogP contribution >= 0.6 is 11.8 Å². The number of thioether (sulfide) groups is 1. The molecule has 0 bridgehead atoms. The topological polar surface area (TPSA) is 76.2 Å². The quantitative estimate of drug-likeness (QED) is 0.542. The van der Waals surface area contributed by atoms with E-state index in [-0.39, 0.29) is 16.0 Å². The molecule has 2 aromatic carbocycles. The largest absolute Gasteiger partial charge is 0.477 e. The third-order valence-electron chi connectivity index (χ3n) is 3.07. The molecule has 1 aromatic heterocycles. The molecule has 0 fully saturated rings. The van der Waals surface area contributed by atoms with Gasteiger partial charge in [-0.15, -0.1) is 10.2 Å². The molecule has 0 amide bonds. The number of carboxylic acids is 1. The Balaban J connectivity index is 1.82. The maximum absolute atomic E-state index is 12.9. The van der Waals surface area contributed by atoms with E-state index in [1.165, 1.54) is 54.6 Å². The minimum atomic E-state index is -1.18. The van der Waals surface area contributed by atoms with Crippen molar-refractivity contribution in [3.63, 3.8) is 0 Å². The molecule has 0 saturated carbocycles. The second kappa shape index (κ2) is 7.27. The van der Waals surface area contributed by atoms with Gasteiger partial charge in [0.1, 0.15) is 16.5 Å². The number of carbonyl (C=O) groups is 1. The predicted octanol–water partition coefficient (Wildman–Crippen LogP) is 4.23. The van der Waals surface area contributed by atoms with Crippen LogP contribution in [0.4, 0.5) is 8.78 Å². The van der Waals surface area contributed by atoms with Gasteiger partial charge >= 0.3 is 5.97 Å². The molecular weight excluding hydrogens is 350 g/mol. The van der Waals surface area contributed by atoms with Crippen molar-refractivity contribution in [2.45, 2.75) is 5.22 Å². The van der Waals surface area contributed by atoms with E-state index in [0.717, 1.165) is 11.8 Å². The maximum Gasteiger partial charge on any atom is 0.342 e. The maximum atomic E-state index is 12.9. The summed E-state index contributed by atoms with van der Waals surface area (Å²) in [4.78, 5) is 11.3. The Morgan fingerprint density at radius 3 is 2.20 bits per heavy atom. The number of hydrogen-bond acceptors (Lipinski definition) is 5. The summed E-state index contributed by atoms with van der Waals surface area (Å²) in [6.07, 6.45) is 1.37. The van der Waals surface area contributed by atoms with Crippen LogP contribution in [-0.2, 0) is 4.79 Å². The van der Waals surface area contributed by atoms with Gasteiger partial charge in [-0.2, -0.15) is 0 Å². The molecule has 1 heterocycles. The number of aliphatic carboxylic acids is 1. The first-order chi connectivity index (χ1) is 12.0. The fourth-order valence-electron chi connectivity index (χ4n) is 1.90. The summed E-state index contributed by atoms with van der Waals surface area (Å²) in [6.45, 7) is 0. The number of benzene rings is 2. The highest BCUT2D eigenvalue weighted by Gasteiger charge is 2.16. The Hall–Kier alpha value is -3.00. The average Bonchev–Trinajstić information content (AvgIpc) is 3.05. The molecule has 0 radical (unpaired) electrons. The Morgan fingerprint density at radius 2 is 1.60 bits per heavy atom. The molecule has 0 spiro atoms. The summed E-state index contributed by atoms with van der Waals surface area (Å²) in [5.74, 6) is -1.85. The summed E-state index contributed by atoms with van der Waals surface area (Å²) in [5, 5.41) is 16.9. The van der Waals surface area contributed by atoms with Crippen LogP contribution in [0.15, 0.2) is 63.1 Å². The SMILES string of the molecule is O=C(O)/C(=C/c1ccc(F)cc1)Sc1nnc(-c2ccc(F)cc2)o1. The van der Waals surface area contributed by atoms with E-state index in [9.17, 15) is 18.7 Å². The lowest BCUT2D eigenvalue weighted by Gasteiger charge is -1.99. The molecular formula is C17H10F2N2O3S. The Morgan fingerprint density at radius 1 is 1.00 bits per heavy atom. The van der Waals surface area contributed by atoms with E-state index in [1.807, 2.05) is 0 Å². The molecule has 3 rings (SSSR count). The second-order valence-electron chi connectivity index (χ2n) is 4.85. The van der Waals surface area contributed by atoms with Crippen LogP contribution in [0.2, 0.25) is 0 Å². The predicted molar refractivity (Wildman–Crippen MR) is 87.6 cm³/mol. The summed E-state index contributed by atoms with van der Waals surface area (Å²) in [5.41, 5.74) is 1.03. The lowest BCUT2D eigenvalue weighted by molar-refractivity contribution is -0.131. The zero-order valence-corrected chi connectivity index (χ0v) is 13.3. The highest BCUT2D eigenvalue weighted by Crippen LogP contribution is 2.30. The van der Waals surface area contributed by atoms with Crippen LogP contribution in [0.1, 0.15) is 5.56 Å². The standard InChI is InChI=1S/C17H10F2N2O3S/c18-12-5-1-10(2-6-12)9-14(16(22)23)25-17-21-20-15(24-17)11-3-7-13(19)8-4-11/h1-9H,(H,22,23)/b14-9-. The number of hydrogen-bond donors (Lipinski definition) is 1. The average molecular weight is 360 g/mol. The zero-order chi connectivity index (χ0) is 17.8. The highest BCUT2D eigenvalue weighted by molar-refractivity contribution is 8.03. The van der Waals surface area contributed by atoms with Crippen LogP contribution in [0.5, 0.6) is 0 Å². The lowest BCUT2D eigenvalue weighted by atomic mass is 10.2. The molecule has 0 aliphatic heterocycles. The van der Waals surface area contributed by atoms with E-state index in [2.05, 4.69) is 10.2 Å². The number of halogens is 2.